The quantitative estimate of drug-likeness (QED) is 0.723. The Hall–Kier alpha value is -0.380. The Morgan fingerprint density at radius 2 is 2.20 bits per heavy atom. The first-order chi connectivity index (χ1) is 7.20. The molecule has 1 N–H and O–H groups in total. The summed E-state index contributed by atoms with van der Waals surface area (Å²) in [7, 11) is 0. The molecule has 1 aromatic rings. The molecule has 0 aromatic carbocycles. The first kappa shape index (κ1) is 12.7. The average Bonchev–Trinajstić information content (AvgIpc) is 2.69. The van der Waals surface area contributed by atoms with Crippen LogP contribution in [0.2, 0.25) is 0 Å². The van der Waals surface area contributed by atoms with Gasteiger partial charge in [-0.25, -0.2) is 0 Å². The van der Waals surface area contributed by atoms with Gasteiger partial charge in [0.25, 0.3) is 0 Å². The van der Waals surface area contributed by atoms with Crippen molar-refractivity contribution in [2.75, 3.05) is 19.8 Å². The molecular weight excluding hydrogens is 206 g/mol. The van der Waals surface area contributed by atoms with Crippen LogP contribution in [0.15, 0.2) is 17.5 Å². The highest BCUT2D eigenvalue weighted by molar-refractivity contribution is 7.10. The summed E-state index contributed by atoms with van der Waals surface area (Å²) in [6, 6.07) is 4.69. The van der Waals surface area contributed by atoms with Gasteiger partial charge < -0.3 is 10.1 Å². The van der Waals surface area contributed by atoms with E-state index in [2.05, 4.69) is 43.6 Å². The Labute approximate surface area is 96.7 Å². The normalized spacial score (nSPS) is 13.3. The molecule has 2 nitrogen and oxygen atoms in total. The number of rotatable bonds is 7. The maximum atomic E-state index is 5.50. The highest BCUT2D eigenvalue weighted by atomic mass is 32.1. The Bertz CT molecular complexity index is 246. The minimum absolute atomic E-state index is 0.438. The van der Waals surface area contributed by atoms with Crippen LogP contribution in [0.3, 0.4) is 0 Å². The Morgan fingerprint density at radius 3 is 2.80 bits per heavy atom. The van der Waals surface area contributed by atoms with E-state index in [0.717, 1.165) is 19.8 Å². The zero-order chi connectivity index (χ0) is 11.1. The zero-order valence-electron chi connectivity index (χ0n) is 9.82. The van der Waals surface area contributed by atoms with Crippen molar-refractivity contribution in [3.05, 3.63) is 22.4 Å². The lowest BCUT2D eigenvalue weighted by Crippen LogP contribution is -2.23. The molecule has 1 rings (SSSR count). The number of nitrogens with one attached hydrogen (secondary N) is 1. The fourth-order valence-electron chi connectivity index (χ4n) is 1.30. The van der Waals surface area contributed by atoms with Crippen LogP contribution < -0.4 is 5.32 Å². The van der Waals surface area contributed by atoms with Gasteiger partial charge in [0.05, 0.1) is 6.61 Å². The fourth-order valence-corrected chi connectivity index (χ4v) is 2.06. The molecule has 0 aliphatic heterocycles. The lowest BCUT2D eigenvalue weighted by atomic mass is 10.2. The van der Waals surface area contributed by atoms with Crippen LogP contribution in [-0.2, 0) is 4.74 Å². The third kappa shape index (κ3) is 5.30. The van der Waals surface area contributed by atoms with Gasteiger partial charge in [-0.1, -0.05) is 19.9 Å². The summed E-state index contributed by atoms with van der Waals surface area (Å²) in [5.74, 6) is 0.625. The first-order valence-electron chi connectivity index (χ1n) is 5.54. The SMILES string of the molecule is CC(C)COCCN[C@@H](C)c1cccs1. The molecule has 0 aliphatic rings. The Morgan fingerprint density at radius 1 is 1.40 bits per heavy atom. The molecule has 0 amide bonds. The highest BCUT2D eigenvalue weighted by Gasteiger charge is 2.04. The molecule has 15 heavy (non-hydrogen) atoms. The second kappa shape index (κ2) is 6.99. The molecule has 1 aromatic heterocycles. The Balaban J connectivity index is 2.05. The molecule has 0 bridgehead atoms. The third-order valence-corrected chi connectivity index (χ3v) is 3.17. The summed E-state index contributed by atoms with van der Waals surface area (Å²) >= 11 is 1.80. The standard InChI is InChI=1S/C12H21NOS/c1-10(2)9-14-7-6-13-11(3)12-5-4-8-15-12/h4-5,8,10-11,13H,6-7,9H2,1-3H3/t11-/m0/s1. The molecule has 0 unspecified atom stereocenters. The van der Waals surface area contributed by atoms with Crippen molar-refractivity contribution >= 4 is 11.3 Å². The minimum Gasteiger partial charge on any atom is -0.380 e. The molecule has 86 valence electrons. The van der Waals surface area contributed by atoms with Gasteiger partial charge in [-0.15, -0.1) is 11.3 Å². The monoisotopic (exact) mass is 227 g/mol. The number of ether oxygens (including phenoxy) is 1. The smallest absolute Gasteiger partial charge is 0.0591 e. The van der Waals surface area contributed by atoms with Crippen molar-refractivity contribution in [1.29, 1.82) is 0 Å². The van der Waals surface area contributed by atoms with E-state index in [4.69, 9.17) is 4.74 Å². The van der Waals surface area contributed by atoms with E-state index >= 15 is 0 Å². The van der Waals surface area contributed by atoms with Crippen molar-refractivity contribution in [3.63, 3.8) is 0 Å². The van der Waals surface area contributed by atoms with E-state index in [1.165, 1.54) is 4.88 Å². The van der Waals surface area contributed by atoms with Crippen molar-refractivity contribution < 1.29 is 4.74 Å². The van der Waals surface area contributed by atoms with Gasteiger partial charge in [0.2, 0.25) is 0 Å². The van der Waals surface area contributed by atoms with Crippen LogP contribution in [0.1, 0.15) is 31.7 Å². The van der Waals surface area contributed by atoms with Crippen molar-refractivity contribution in [2.24, 2.45) is 5.92 Å². The van der Waals surface area contributed by atoms with Crippen LogP contribution in [0.5, 0.6) is 0 Å². The van der Waals surface area contributed by atoms with E-state index in [1.807, 2.05) is 0 Å². The van der Waals surface area contributed by atoms with Crippen molar-refractivity contribution in [1.82, 2.24) is 5.32 Å². The summed E-state index contributed by atoms with van der Waals surface area (Å²) in [5.41, 5.74) is 0. The second-order valence-corrected chi connectivity index (χ2v) is 5.14. The average molecular weight is 227 g/mol. The first-order valence-corrected chi connectivity index (χ1v) is 6.42. The van der Waals surface area contributed by atoms with E-state index < -0.39 is 0 Å². The number of hydrogen-bond acceptors (Lipinski definition) is 3. The molecule has 0 radical (unpaired) electrons. The summed E-state index contributed by atoms with van der Waals surface area (Å²) in [4.78, 5) is 1.39. The van der Waals surface area contributed by atoms with E-state index in [0.29, 0.717) is 12.0 Å². The van der Waals surface area contributed by atoms with Gasteiger partial charge in [0.15, 0.2) is 0 Å². The van der Waals surface area contributed by atoms with E-state index in [1.54, 1.807) is 11.3 Å². The van der Waals surface area contributed by atoms with Crippen molar-refractivity contribution in [3.8, 4) is 0 Å². The van der Waals surface area contributed by atoms with Crippen LogP contribution in [0, 0.1) is 5.92 Å². The molecule has 0 fully saturated rings. The predicted octanol–water partition coefficient (Wildman–Crippen LogP) is 3.07. The van der Waals surface area contributed by atoms with Crippen LogP contribution in [-0.4, -0.2) is 19.8 Å². The van der Waals surface area contributed by atoms with Gasteiger partial charge in [-0.05, 0) is 24.3 Å². The Kier molecular flexibility index (Phi) is 5.91. The van der Waals surface area contributed by atoms with Crippen LogP contribution in [0.4, 0.5) is 0 Å². The zero-order valence-corrected chi connectivity index (χ0v) is 10.6. The molecule has 0 aliphatic carbocycles. The van der Waals surface area contributed by atoms with Gasteiger partial charge in [-0.2, -0.15) is 0 Å². The highest BCUT2D eigenvalue weighted by Crippen LogP contribution is 2.17. The van der Waals surface area contributed by atoms with Crippen LogP contribution in [0.25, 0.3) is 0 Å². The molecule has 1 heterocycles. The third-order valence-electron chi connectivity index (χ3n) is 2.12. The largest absolute Gasteiger partial charge is 0.380 e. The van der Waals surface area contributed by atoms with Crippen LogP contribution >= 0.6 is 11.3 Å². The predicted molar refractivity (Wildman–Crippen MR) is 66.4 cm³/mol. The fraction of sp³-hybridized carbons (Fsp3) is 0.667. The van der Waals surface area contributed by atoms with Gasteiger partial charge in [0, 0.05) is 24.1 Å². The summed E-state index contributed by atoms with van der Waals surface area (Å²) < 4.78 is 5.50. The van der Waals surface area contributed by atoms with E-state index in [-0.39, 0.29) is 0 Å². The maximum absolute atomic E-state index is 5.50. The number of thiophene rings is 1. The second-order valence-electron chi connectivity index (χ2n) is 4.16. The lowest BCUT2D eigenvalue weighted by Gasteiger charge is -2.12. The summed E-state index contributed by atoms with van der Waals surface area (Å²) in [6.45, 7) is 9.10. The molecule has 3 heteroatoms. The van der Waals surface area contributed by atoms with Gasteiger partial charge in [-0.3, -0.25) is 0 Å². The summed E-state index contributed by atoms with van der Waals surface area (Å²) in [5, 5.41) is 5.56. The topological polar surface area (TPSA) is 21.3 Å². The molecular formula is C12H21NOS. The molecule has 1 atom stereocenters. The molecule has 0 saturated heterocycles. The van der Waals surface area contributed by atoms with Gasteiger partial charge in [0.1, 0.15) is 0 Å². The summed E-state index contributed by atoms with van der Waals surface area (Å²) in [6.07, 6.45) is 0. The van der Waals surface area contributed by atoms with Gasteiger partial charge >= 0.3 is 0 Å². The molecule has 0 saturated carbocycles. The van der Waals surface area contributed by atoms with E-state index in [9.17, 15) is 0 Å². The lowest BCUT2D eigenvalue weighted by molar-refractivity contribution is 0.110. The number of hydrogen-bond donors (Lipinski definition) is 1. The van der Waals surface area contributed by atoms with Crippen molar-refractivity contribution in [2.45, 2.75) is 26.8 Å². The minimum atomic E-state index is 0.438. The maximum Gasteiger partial charge on any atom is 0.0591 e. The molecule has 0 spiro atoms.